The summed E-state index contributed by atoms with van der Waals surface area (Å²) in [5, 5.41) is 0. The lowest BCUT2D eigenvalue weighted by Crippen LogP contribution is -2.49. The molecule has 1 aliphatic heterocycles. The first-order chi connectivity index (χ1) is 9.02. The second kappa shape index (κ2) is 5.70. The molecule has 1 fully saturated rings. The van der Waals surface area contributed by atoms with Gasteiger partial charge in [0.2, 0.25) is 5.91 Å². The third kappa shape index (κ3) is 2.95. The molecule has 0 aliphatic carbocycles. The van der Waals surface area contributed by atoms with Crippen molar-refractivity contribution in [2.45, 2.75) is 26.3 Å². The van der Waals surface area contributed by atoms with Crippen LogP contribution in [0.2, 0.25) is 0 Å². The molecule has 1 saturated heterocycles. The van der Waals surface area contributed by atoms with Crippen LogP contribution in [-0.2, 0) is 4.79 Å². The van der Waals surface area contributed by atoms with E-state index in [4.69, 9.17) is 0 Å². The Bertz CT molecular complexity index is 475. The van der Waals surface area contributed by atoms with Gasteiger partial charge in [0.15, 0.2) is 0 Å². The predicted molar refractivity (Wildman–Crippen MR) is 73.4 cm³/mol. The average Bonchev–Trinajstić information content (AvgIpc) is 2.39. The fourth-order valence-electron chi connectivity index (χ4n) is 2.67. The number of carbonyl (C=O) groups is 1. The minimum atomic E-state index is -0.207. The first-order valence-corrected chi connectivity index (χ1v) is 6.77. The van der Waals surface area contributed by atoms with E-state index in [0.717, 1.165) is 24.2 Å². The average molecular weight is 264 g/mol. The van der Waals surface area contributed by atoms with Crippen LogP contribution in [0.4, 0.5) is 4.39 Å². The Morgan fingerprint density at radius 1 is 1.42 bits per heavy atom. The SMILES string of the molecule is CCC(=O)N1CCN(C)C(c2ccc(F)cc2C)C1. The highest BCUT2D eigenvalue weighted by molar-refractivity contribution is 5.76. The highest BCUT2D eigenvalue weighted by Crippen LogP contribution is 2.27. The van der Waals surface area contributed by atoms with Crippen LogP contribution in [0.3, 0.4) is 0 Å². The topological polar surface area (TPSA) is 23.6 Å². The van der Waals surface area contributed by atoms with Gasteiger partial charge in [0.05, 0.1) is 6.04 Å². The minimum absolute atomic E-state index is 0.157. The van der Waals surface area contributed by atoms with Crippen molar-refractivity contribution >= 4 is 5.91 Å². The molecule has 0 bridgehead atoms. The zero-order chi connectivity index (χ0) is 14.0. The Morgan fingerprint density at radius 2 is 2.16 bits per heavy atom. The summed E-state index contributed by atoms with van der Waals surface area (Å²) >= 11 is 0. The number of amides is 1. The zero-order valence-electron chi connectivity index (χ0n) is 11.8. The van der Waals surface area contributed by atoms with Crippen molar-refractivity contribution < 1.29 is 9.18 Å². The van der Waals surface area contributed by atoms with Crippen molar-refractivity contribution in [2.75, 3.05) is 26.7 Å². The Hall–Kier alpha value is -1.42. The van der Waals surface area contributed by atoms with E-state index in [1.165, 1.54) is 6.07 Å². The number of hydrogen-bond acceptors (Lipinski definition) is 2. The van der Waals surface area contributed by atoms with Gasteiger partial charge in [-0.15, -0.1) is 0 Å². The van der Waals surface area contributed by atoms with Crippen LogP contribution >= 0.6 is 0 Å². The number of likely N-dealkylation sites (N-methyl/N-ethyl adjacent to an activating group) is 1. The molecule has 1 aromatic rings. The molecule has 0 N–H and O–H groups in total. The van der Waals surface area contributed by atoms with E-state index in [1.54, 1.807) is 6.07 Å². The van der Waals surface area contributed by atoms with Crippen LogP contribution in [0.25, 0.3) is 0 Å². The van der Waals surface area contributed by atoms with Crippen molar-refractivity contribution in [3.8, 4) is 0 Å². The smallest absolute Gasteiger partial charge is 0.222 e. The van der Waals surface area contributed by atoms with Gasteiger partial charge in [-0.2, -0.15) is 0 Å². The van der Waals surface area contributed by atoms with E-state index in [1.807, 2.05) is 24.8 Å². The van der Waals surface area contributed by atoms with E-state index in [2.05, 4.69) is 11.9 Å². The van der Waals surface area contributed by atoms with Gasteiger partial charge in [0, 0.05) is 26.1 Å². The van der Waals surface area contributed by atoms with Crippen molar-refractivity contribution in [3.63, 3.8) is 0 Å². The fourth-order valence-corrected chi connectivity index (χ4v) is 2.67. The number of nitrogens with zero attached hydrogens (tertiary/aromatic N) is 2. The third-order valence-corrected chi connectivity index (χ3v) is 3.89. The number of halogens is 1. The minimum Gasteiger partial charge on any atom is -0.340 e. The van der Waals surface area contributed by atoms with E-state index in [0.29, 0.717) is 13.0 Å². The molecule has 0 radical (unpaired) electrons. The number of piperazine rings is 1. The highest BCUT2D eigenvalue weighted by atomic mass is 19.1. The van der Waals surface area contributed by atoms with Gasteiger partial charge in [0.25, 0.3) is 0 Å². The molecule has 2 rings (SSSR count). The summed E-state index contributed by atoms with van der Waals surface area (Å²) in [5.74, 6) is -0.0148. The number of hydrogen-bond donors (Lipinski definition) is 0. The fraction of sp³-hybridized carbons (Fsp3) is 0.533. The zero-order valence-corrected chi connectivity index (χ0v) is 11.8. The summed E-state index contributed by atoms with van der Waals surface area (Å²) in [7, 11) is 2.06. The van der Waals surface area contributed by atoms with Crippen molar-refractivity contribution in [1.29, 1.82) is 0 Å². The Kier molecular flexibility index (Phi) is 4.20. The summed E-state index contributed by atoms with van der Waals surface area (Å²) in [6.07, 6.45) is 0.541. The number of rotatable bonds is 2. The van der Waals surface area contributed by atoms with Gasteiger partial charge in [-0.3, -0.25) is 9.69 Å². The van der Waals surface area contributed by atoms with Crippen LogP contribution < -0.4 is 0 Å². The van der Waals surface area contributed by atoms with Crippen molar-refractivity contribution in [3.05, 3.63) is 35.1 Å². The molecular weight excluding hydrogens is 243 g/mol. The third-order valence-electron chi connectivity index (χ3n) is 3.89. The predicted octanol–water partition coefficient (Wildman–Crippen LogP) is 2.36. The summed E-state index contributed by atoms with van der Waals surface area (Å²) in [6.45, 7) is 6.13. The standard InChI is InChI=1S/C15H21FN2O/c1-4-15(19)18-8-7-17(3)14(10-18)13-6-5-12(16)9-11(13)2/h5-6,9,14H,4,7-8,10H2,1-3H3. The molecule has 1 amide bonds. The molecule has 1 heterocycles. The largest absolute Gasteiger partial charge is 0.340 e. The maximum absolute atomic E-state index is 13.2. The van der Waals surface area contributed by atoms with E-state index in [9.17, 15) is 9.18 Å². The molecule has 3 nitrogen and oxygen atoms in total. The number of aryl methyl sites for hydroxylation is 1. The van der Waals surface area contributed by atoms with Gasteiger partial charge in [0.1, 0.15) is 5.82 Å². The van der Waals surface area contributed by atoms with Crippen molar-refractivity contribution in [2.24, 2.45) is 0 Å². The van der Waals surface area contributed by atoms with Gasteiger partial charge in [-0.1, -0.05) is 13.0 Å². The van der Waals surface area contributed by atoms with Crippen LogP contribution in [0.5, 0.6) is 0 Å². The second-order valence-electron chi connectivity index (χ2n) is 5.19. The molecule has 1 aromatic carbocycles. The lowest BCUT2D eigenvalue weighted by Gasteiger charge is -2.40. The molecule has 1 atom stereocenters. The van der Waals surface area contributed by atoms with Crippen LogP contribution in [0.1, 0.15) is 30.5 Å². The summed E-state index contributed by atoms with van der Waals surface area (Å²) in [4.78, 5) is 16.0. The van der Waals surface area contributed by atoms with Gasteiger partial charge >= 0.3 is 0 Å². The van der Waals surface area contributed by atoms with E-state index < -0.39 is 0 Å². The van der Waals surface area contributed by atoms with Gasteiger partial charge in [-0.25, -0.2) is 4.39 Å². The normalized spacial score (nSPS) is 20.6. The van der Waals surface area contributed by atoms with Crippen LogP contribution in [0.15, 0.2) is 18.2 Å². The van der Waals surface area contributed by atoms with Crippen LogP contribution in [-0.4, -0.2) is 42.4 Å². The first-order valence-electron chi connectivity index (χ1n) is 6.77. The van der Waals surface area contributed by atoms with Gasteiger partial charge < -0.3 is 4.90 Å². The van der Waals surface area contributed by atoms with Crippen LogP contribution in [0, 0.1) is 12.7 Å². The number of carbonyl (C=O) groups excluding carboxylic acids is 1. The molecule has 0 saturated carbocycles. The monoisotopic (exact) mass is 264 g/mol. The van der Waals surface area contributed by atoms with Crippen molar-refractivity contribution in [1.82, 2.24) is 9.80 Å². The molecular formula is C15H21FN2O. The highest BCUT2D eigenvalue weighted by Gasteiger charge is 2.28. The summed E-state index contributed by atoms with van der Waals surface area (Å²) in [5.41, 5.74) is 2.06. The Labute approximate surface area is 114 Å². The molecule has 1 unspecified atom stereocenters. The molecule has 0 spiro atoms. The molecule has 1 aliphatic rings. The van der Waals surface area contributed by atoms with E-state index in [-0.39, 0.29) is 17.8 Å². The molecule has 4 heteroatoms. The molecule has 19 heavy (non-hydrogen) atoms. The summed E-state index contributed by atoms with van der Waals surface area (Å²) in [6, 6.07) is 5.05. The second-order valence-corrected chi connectivity index (χ2v) is 5.19. The maximum atomic E-state index is 13.2. The van der Waals surface area contributed by atoms with E-state index >= 15 is 0 Å². The maximum Gasteiger partial charge on any atom is 0.222 e. The van der Waals surface area contributed by atoms with Gasteiger partial charge in [-0.05, 0) is 37.2 Å². The Morgan fingerprint density at radius 3 is 2.79 bits per heavy atom. The molecule has 0 aromatic heterocycles. The Balaban J connectivity index is 2.23. The molecule has 104 valence electrons. The lowest BCUT2D eigenvalue weighted by molar-refractivity contribution is -0.133. The first kappa shape index (κ1) is 14.0. The lowest BCUT2D eigenvalue weighted by atomic mass is 9.98. The quantitative estimate of drug-likeness (QED) is 0.818. The number of benzene rings is 1. The summed E-state index contributed by atoms with van der Waals surface area (Å²) < 4.78 is 13.2.